The summed E-state index contributed by atoms with van der Waals surface area (Å²) in [7, 11) is -3.64. The minimum absolute atomic E-state index is 0.0616. The molecule has 0 saturated carbocycles. The Hall–Kier alpha value is -3.02. The Morgan fingerprint density at radius 1 is 1.12 bits per heavy atom. The van der Waals surface area contributed by atoms with Crippen LogP contribution in [0.15, 0.2) is 42.5 Å². The SMILES string of the molecule is CC(=O)Nc1ccc(NS(C)(=O)=O)c(C(=O)NCC(c2ccc(F)cc2)N2CCOCC2)c1. The molecule has 0 aliphatic carbocycles. The zero-order chi connectivity index (χ0) is 24.0. The van der Waals surface area contributed by atoms with Gasteiger partial charge >= 0.3 is 0 Å². The summed E-state index contributed by atoms with van der Waals surface area (Å²) in [6.07, 6.45) is 0.986. The lowest BCUT2D eigenvalue weighted by atomic mass is 10.0. The number of sulfonamides is 1. The molecule has 1 unspecified atom stereocenters. The third-order valence-corrected chi connectivity index (χ3v) is 5.67. The predicted molar refractivity (Wildman–Crippen MR) is 123 cm³/mol. The fraction of sp³-hybridized carbons (Fsp3) is 0.364. The van der Waals surface area contributed by atoms with Gasteiger partial charge in [-0.1, -0.05) is 12.1 Å². The van der Waals surface area contributed by atoms with Gasteiger partial charge in [-0.05, 0) is 35.9 Å². The highest BCUT2D eigenvalue weighted by Gasteiger charge is 2.24. The molecule has 33 heavy (non-hydrogen) atoms. The second-order valence-corrected chi connectivity index (χ2v) is 9.49. The van der Waals surface area contributed by atoms with E-state index in [4.69, 9.17) is 4.74 Å². The van der Waals surface area contributed by atoms with Gasteiger partial charge in [-0.15, -0.1) is 0 Å². The topological polar surface area (TPSA) is 117 Å². The van der Waals surface area contributed by atoms with E-state index in [1.165, 1.54) is 37.3 Å². The Bertz CT molecular complexity index is 1100. The number of hydrogen-bond acceptors (Lipinski definition) is 6. The van der Waals surface area contributed by atoms with E-state index in [2.05, 4.69) is 20.3 Å². The molecule has 9 nitrogen and oxygen atoms in total. The number of nitrogens with one attached hydrogen (secondary N) is 3. The Morgan fingerprint density at radius 2 is 1.79 bits per heavy atom. The van der Waals surface area contributed by atoms with E-state index >= 15 is 0 Å². The van der Waals surface area contributed by atoms with E-state index in [1.807, 2.05) is 0 Å². The number of morpholine rings is 1. The number of benzene rings is 2. The van der Waals surface area contributed by atoms with Crippen molar-refractivity contribution in [1.29, 1.82) is 0 Å². The lowest BCUT2D eigenvalue weighted by molar-refractivity contribution is -0.114. The van der Waals surface area contributed by atoms with Crippen molar-refractivity contribution >= 4 is 33.2 Å². The molecule has 1 aliphatic heterocycles. The number of hydrogen-bond donors (Lipinski definition) is 3. The number of halogens is 1. The van der Waals surface area contributed by atoms with Crippen molar-refractivity contribution in [3.63, 3.8) is 0 Å². The quantitative estimate of drug-likeness (QED) is 0.534. The molecule has 178 valence electrons. The lowest BCUT2D eigenvalue weighted by Crippen LogP contribution is -2.44. The van der Waals surface area contributed by atoms with Gasteiger partial charge in [0.25, 0.3) is 5.91 Å². The second kappa shape index (κ2) is 10.7. The molecule has 2 aromatic rings. The zero-order valence-electron chi connectivity index (χ0n) is 18.4. The van der Waals surface area contributed by atoms with Crippen molar-refractivity contribution in [1.82, 2.24) is 10.2 Å². The van der Waals surface area contributed by atoms with E-state index in [0.717, 1.165) is 11.8 Å². The van der Waals surface area contributed by atoms with Crippen molar-refractivity contribution in [2.24, 2.45) is 0 Å². The first-order chi connectivity index (χ1) is 15.6. The molecule has 0 radical (unpaired) electrons. The van der Waals surface area contributed by atoms with Gasteiger partial charge < -0.3 is 15.4 Å². The fourth-order valence-electron chi connectivity index (χ4n) is 3.62. The maximum absolute atomic E-state index is 13.4. The maximum atomic E-state index is 13.4. The van der Waals surface area contributed by atoms with E-state index < -0.39 is 15.9 Å². The zero-order valence-corrected chi connectivity index (χ0v) is 19.2. The Morgan fingerprint density at radius 3 is 2.39 bits per heavy atom. The lowest BCUT2D eigenvalue weighted by Gasteiger charge is -2.35. The van der Waals surface area contributed by atoms with Crippen molar-refractivity contribution in [3.05, 3.63) is 59.4 Å². The van der Waals surface area contributed by atoms with Crippen LogP contribution in [0.5, 0.6) is 0 Å². The van der Waals surface area contributed by atoms with Gasteiger partial charge in [0.05, 0.1) is 36.8 Å². The minimum atomic E-state index is -3.64. The second-order valence-electron chi connectivity index (χ2n) is 7.74. The minimum Gasteiger partial charge on any atom is -0.379 e. The summed E-state index contributed by atoms with van der Waals surface area (Å²) >= 11 is 0. The van der Waals surface area contributed by atoms with Crippen LogP contribution < -0.4 is 15.4 Å². The van der Waals surface area contributed by atoms with Crippen LogP contribution in [0, 0.1) is 5.82 Å². The molecule has 0 aromatic heterocycles. The van der Waals surface area contributed by atoms with E-state index in [1.54, 1.807) is 12.1 Å². The van der Waals surface area contributed by atoms with E-state index in [-0.39, 0.29) is 35.6 Å². The number of rotatable bonds is 8. The molecular weight excluding hydrogens is 451 g/mol. The summed E-state index contributed by atoms with van der Waals surface area (Å²) in [5.74, 6) is -1.20. The van der Waals surface area contributed by atoms with Gasteiger partial charge in [0, 0.05) is 32.2 Å². The number of anilines is 2. The Kier molecular flexibility index (Phi) is 8.01. The molecule has 3 rings (SSSR count). The van der Waals surface area contributed by atoms with Gasteiger partial charge in [0.15, 0.2) is 0 Å². The molecule has 1 aliphatic rings. The molecule has 0 bridgehead atoms. The summed E-state index contributed by atoms with van der Waals surface area (Å²) in [5, 5.41) is 5.44. The third-order valence-electron chi connectivity index (χ3n) is 5.08. The van der Waals surface area contributed by atoms with Gasteiger partial charge in [-0.3, -0.25) is 19.2 Å². The molecule has 2 aromatic carbocycles. The number of nitrogens with zero attached hydrogens (tertiary/aromatic N) is 1. The summed E-state index contributed by atoms with van der Waals surface area (Å²) in [6.45, 7) is 3.93. The van der Waals surface area contributed by atoms with Crippen molar-refractivity contribution in [2.45, 2.75) is 13.0 Å². The number of carbonyl (C=O) groups excluding carboxylic acids is 2. The van der Waals surface area contributed by atoms with Crippen LogP contribution in [-0.2, 0) is 19.6 Å². The molecule has 11 heteroatoms. The van der Waals surface area contributed by atoms with Crippen molar-refractivity contribution in [3.8, 4) is 0 Å². The van der Waals surface area contributed by atoms with E-state index in [9.17, 15) is 22.4 Å². The third kappa shape index (κ3) is 7.24. The molecule has 1 saturated heterocycles. The van der Waals surface area contributed by atoms with Crippen LogP contribution >= 0.6 is 0 Å². The number of ether oxygens (including phenoxy) is 1. The molecule has 1 fully saturated rings. The average molecular weight is 479 g/mol. The first-order valence-electron chi connectivity index (χ1n) is 10.4. The van der Waals surface area contributed by atoms with Gasteiger partial charge in [-0.2, -0.15) is 0 Å². The summed E-state index contributed by atoms with van der Waals surface area (Å²) in [6, 6.07) is 10.2. The summed E-state index contributed by atoms with van der Waals surface area (Å²) < 4.78 is 44.7. The van der Waals surface area contributed by atoms with Crippen molar-refractivity contribution < 1.29 is 27.1 Å². The highest BCUT2D eigenvalue weighted by molar-refractivity contribution is 7.92. The van der Waals surface area contributed by atoms with Crippen LogP contribution in [0.2, 0.25) is 0 Å². The first-order valence-corrected chi connectivity index (χ1v) is 12.3. The molecule has 3 N–H and O–H groups in total. The first kappa shape index (κ1) is 24.6. The van der Waals surface area contributed by atoms with Crippen LogP contribution in [0.3, 0.4) is 0 Å². The largest absolute Gasteiger partial charge is 0.379 e. The number of amides is 2. The highest BCUT2D eigenvalue weighted by Crippen LogP contribution is 2.24. The van der Waals surface area contributed by atoms with Crippen LogP contribution in [-0.4, -0.2) is 64.2 Å². The molecule has 2 amide bonds. The van der Waals surface area contributed by atoms with Crippen LogP contribution in [0.4, 0.5) is 15.8 Å². The van der Waals surface area contributed by atoms with E-state index in [0.29, 0.717) is 32.0 Å². The standard InChI is InChI=1S/C22H27FN4O5S/c1-15(28)25-18-7-8-20(26-33(2,30)31)19(13-18)22(29)24-14-21(27-9-11-32-12-10-27)16-3-5-17(23)6-4-16/h3-8,13,21,26H,9-12,14H2,1-2H3,(H,24,29)(H,25,28). The van der Waals surface area contributed by atoms with Gasteiger partial charge in [-0.25, -0.2) is 12.8 Å². The fourth-order valence-corrected chi connectivity index (χ4v) is 4.20. The predicted octanol–water partition coefficient (Wildman–Crippen LogP) is 1.96. The number of carbonyl (C=O) groups is 2. The highest BCUT2D eigenvalue weighted by atomic mass is 32.2. The molecule has 0 spiro atoms. The summed E-state index contributed by atoms with van der Waals surface area (Å²) in [4.78, 5) is 26.7. The smallest absolute Gasteiger partial charge is 0.253 e. The van der Waals surface area contributed by atoms with Crippen LogP contribution in [0.25, 0.3) is 0 Å². The maximum Gasteiger partial charge on any atom is 0.253 e. The van der Waals surface area contributed by atoms with Crippen LogP contribution in [0.1, 0.15) is 28.9 Å². The van der Waals surface area contributed by atoms with Gasteiger partial charge in [0.2, 0.25) is 15.9 Å². The Labute approximate surface area is 192 Å². The normalized spacial score (nSPS) is 15.5. The Balaban J connectivity index is 1.85. The summed E-state index contributed by atoms with van der Waals surface area (Å²) in [5.41, 5.74) is 1.34. The molecule has 1 atom stereocenters. The van der Waals surface area contributed by atoms with Crippen molar-refractivity contribution in [2.75, 3.05) is 49.1 Å². The monoisotopic (exact) mass is 478 g/mol. The molecule has 1 heterocycles. The average Bonchev–Trinajstić information content (AvgIpc) is 2.75. The molecular formula is C22H27FN4O5S. The van der Waals surface area contributed by atoms with Gasteiger partial charge in [0.1, 0.15) is 5.82 Å².